The van der Waals surface area contributed by atoms with Gasteiger partial charge in [-0.25, -0.2) is 4.79 Å². The van der Waals surface area contributed by atoms with Gasteiger partial charge in [0, 0.05) is 25.0 Å². The summed E-state index contributed by atoms with van der Waals surface area (Å²) >= 11 is 0. The van der Waals surface area contributed by atoms with Gasteiger partial charge in [0.15, 0.2) is 0 Å². The summed E-state index contributed by atoms with van der Waals surface area (Å²) < 4.78 is 4.67. The summed E-state index contributed by atoms with van der Waals surface area (Å²) in [6.07, 6.45) is 4.31. The first-order chi connectivity index (χ1) is 14.6. The van der Waals surface area contributed by atoms with E-state index in [0.717, 1.165) is 19.3 Å². The van der Waals surface area contributed by atoms with Crippen LogP contribution in [0.1, 0.15) is 28.8 Å². The van der Waals surface area contributed by atoms with Gasteiger partial charge in [0.2, 0.25) is 0 Å². The van der Waals surface area contributed by atoms with E-state index in [9.17, 15) is 14.9 Å². The van der Waals surface area contributed by atoms with Crippen molar-refractivity contribution in [2.75, 3.05) is 25.5 Å². The Labute approximate surface area is 176 Å². The summed E-state index contributed by atoms with van der Waals surface area (Å²) in [6, 6.07) is 19.0. The van der Waals surface area contributed by atoms with E-state index in [2.05, 4.69) is 22.2 Å². The molecule has 0 radical (unpaired) electrons. The molecule has 0 spiro atoms. The molecule has 0 aromatic heterocycles. The summed E-state index contributed by atoms with van der Waals surface area (Å²) in [7, 11) is 1.33. The number of benzene rings is 2. The maximum absolute atomic E-state index is 12.7. The second-order valence-electron chi connectivity index (χ2n) is 7.31. The zero-order chi connectivity index (χ0) is 21.3. The molecule has 154 valence electrons. The molecule has 2 aromatic carbocycles. The minimum absolute atomic E-state index is 0.0635. The summed E-state index contributed by atoms with van der Waals surface area (Å²) in [4.78, 5) is 26.0. The quantitative estimate of drug-likeness (QED) is 0.451. The van der Waals surface area contributed by atoms with Crippen molar-refractivity contribution in [3.63, 3.8) is 0 Å². The molecule has 0 saturated carbocycles. The second-order valence-corrected chi connectivity index (χ2v) is 7.31. The first kappa shape index (κ1) is 21.1. The molecule has 30 heavy (non-hydrogen) atoms. The van der Waals surface area contributed by atoms with Crippen LogP contribution in [-0.2, 0) is 16.0 Å². The van der Waals surface area contributed by atoms with Gasteiger partial charge in [-0.2, -0.15) is 5.26 Å². The van der Waals surface area contributed by atoms with E-state index in [0.29, 0.717) is 30.3 Å². The van der Waals surface area contributed by atoms with Crippen LogP contribution in [0.3, 0.4) is 0 Å². The second kappa shape index (κ2) is 10.3. The normalized spacial score (nSPS) is 14.7. The molecule has 0 aliphatic carbocycles. The predicted molar refractivity (Wildman–Crippen MR) is 115 cm³/mol. The van der Waals surface area contributed by atoms with Crippen molar-refractivity contribution < 1.29 is 14.3 Å². The lowest BCUT2D eigenvalue weighted by Crippen LogP contribution is -2.39. The lowest BCUT2D eigenvalue weighted by molar-refractivity contribution is -0.128. The molecule has 1 N–H and O–H groups in total. The zero-order valence-corrected chi connectivity index (χ0v) is 17.0. The first-order valence-electron chi connectivity index (χ1n) is 9.99. The minimum atomic E-state index is -0.416. The maximum atomic E-state index is 12.7. The molecule has 3 rings (SSSR count). The molecule has 0 unspecified atom stereocenters. The highest BCUT2D eigenvalue weighted by Gasteiger charge is 2.25. The summed E-state index contributed by atoms with van der Waals surface area (Å²) in [5, 5.41) is 12.4. The van der Waals surface area contributed by atoms with Gasteiger partial charge >= 0.3 is 5.97 Å². The Bertz CT molecular complexity index is 938. The zero-order valence-electron chi connectivity index (χ0n) is 17.0. The van der Waals surface area contributed by atoms with E-state index in [-0.39, 0.29) is 11.5 Å². The minimum Gasteiger partial charge on any atom is -0.465 e. The number of methoxy groups -OCH3 is 1. The third-order valence-corrected chi connectivity index (χ3v) is 5.31. The molecule has 1 fully saturated rings. The summed E-state index contributed by atoms with van der Waals surface area (Å²) in [5.41, 5.74) is 2.49. The van der Waals surface area contributed by atoms with Gasteiger partial charge in [0.25, 0.3) is 5.91 Å². The molecular formula is C24H25N3O3. The molecule has 1 saturated heterocycles. The van der Waals surface area contributed by atoms with Crippen LogP contribution in [0.15, 0.2) is 66.4 Å². The van der Waals surface area contributed by atoms with Crippen molar-refractivity contribution in [3.8, 4) is 6.07 Å². The van der Waals surface area contributed by atoms with Crippen LogP contribution in [-0.4, -0.2) is 37.0 Å². The number of nitrogens with one attached hydrogen (secondary N) is 1. The molecule has 1 amide bonds. The van der Waals surface area contributed by atoms with Crippen molar-refractivity contribution in [2.45, 2.75) is 19.3 Å². The first-order valence-corrected chi connectivity index (χ1v) is 9.99. The largest absolute Gasteiger partial charge is 0.465 e. The van der Waals surface area contributed by atoms with Crippen molar-refractivity contribution in [2.24, 2.45) is 5.92 Å². The number of carbonyl (C=O) groups is 2. The smallest absolute Gasteiger partial charge is 0.337 e. The monoisotopic (exact) mass is 403 g/mol. The summed E-state index contributed by atoms with van der Waals surface area (Å²) in [5.74, 6) is -0.118. The van der Waals surface area contributed by atoms with Gasteiger partial charge in [-0.05, 0) is 55.0 Å². The number of carbonyl (C=O) groups excluding carboxylic acids is 2. The molecule has 1 aliphatic heterocycles. The molecule has 0 bridgehead atoms. The van der Waals surface area contributed by atoms with Gasteiger partial charge in [-0.15, -0.1) is 0 Å². The standard InChI is InChI=1S/C24H25N3O3/c1-30-24(29)20-7-9-22(10-8-20)26-17-21(16-25)23(28)27-13-11-19(12-14-27)15-18-5-3-2-4-6-18/h2-10,17,19,26H,11-15H2,1H3/b21-17-. The number of esters is 1. The fraction of sp³-hybridized carbons (Fsp3) is 0.292. The molecule has 2 aromatic rings. The van der Waals surface area contributed by atoms with E-state index in [1.807, 2.05) is 24.3 Å². The average molecular weight is 403 g/mol. The molecule has 6 heteroatoms. The van der Waals surface area contributed by atoms with Crippen LogP contribution >= 0.6 is 0 Å². The van der Waals surface area contributed by atoms with Crippen LogP contribution in [0, 0.1) is 17.2 Å². The average Bonchev–Trinajstić information content (AvgIpc) is 2.80. The molecular weight excluding hydrogens is 378 g/mol. The van der Waals surface area contributed by atoms with Crippen LogP contribution < -0.4 is 5.32 Å². The molecule has 0 atom stereocenters. The lowest BCUT2D eigenvalue weighted by Gasteiger charge is -2.32. The molecule has 1 heterocycles. The number of likely N-dealkylation sites (tertiary alicyclic amines) is 1. The summed E-state index contributed by atoms with van der Waals surface area (Å²) in [6.45, 7) is 1.31. The Kier molecular flexibility index (Phi) is 7.23. The number of ether oxygens (including phenoxy) is 1. The Morgan fingerprint density at radius 1 is 1.13 bits per heavy atom. The fourth-order valence-electron chi connectivity index (χ4n) is 3.58. The van der Waals surface area contributed by atoms with Crippen molar-refractivity contribution in [1.29, 1.82) is 5.26 Å². The van der Waals surface area contributed by atoms with Crippen LogP contribution in [0.5, 0.6) is 0 Å². The Balaban J connectivity index is 1.54. The number of nitriles is 1. The Morgan fingerprint density at radius 3 is 2.40 bits per heavy atom. The number of nitrogens with zero attached hydrogens (tertiary/aromatic N) is 2. The highest BCUT2D eigenvalue weighted by Crippen LogP contribution is 2.22. The fourth-order valence-corrected chi connectivity index (χ4v) is 3.58. The van der Waals surface area contributed by atoms with Gasteiger partial charge in [-0.1, -0.05) is 30.3 Å². The molecule has 6 nitrogen and oxygen atoms in total. The van der Waals surface area contributed by atoms with Gasteiger partial charge in [-0.3, -0.25) is 4.79 Å². The van der Waals surface area contributed by atoms with E-state index < -0.39 is 5.97 Å². The topological polar surface area (TPSA) is 82.4 Å². The van der Waals surface area contributed by atoms with Gasteiger partial charge in [0.1, 0.15) is 11.6 Å². The molecule has 1 aliphatic rings. The van der Waals surface area contributed by atoms with E-state index in [4.69, 9.17) is 0 Å². The number of anilines is 1. The number of rotatable bonds is 6. The van der Waals surface area contributed by atoms with Crippen molar-refractivity contribution >= 4 is 17.6 Å². The highest BCUT2D eigenvalue weighted by atomic mass is 16.5. The Hall–Kier alpha value is -3.59. The van der Waals surface area contributed by atoms with Crippen LogP contribution in [0.4, 0.5) is 5.69 Å². The highest BCUT2D eigenvalue weighted by molar-refractivity contribution is 5.97. The maximum Gasteiger partial charge on any atom is 0.337 e. The SMILES string of the molecule is COC(=O)c1ccc(N/C=C(/C#N)C(=O)N2CCC(Cc3ccccc3)CC2)cc1. The van der Waals surface area contributed by atoms with Crippen molar-refractivity contribution in [3.05, 3.63) is 77.5 Å². The number of hydrogen-bond donors (Lipinski definition) is 1. The van der Waals surface area contributed by atoms with Gasteiger partial charge in [0.05, 0.1) is 12.7 Å². The predicted octanol–water partition coefficient (Wildman–Crippen LogP) is 3.77. The van der Waals surface area contributed by atoms with Gasteiger partial charge < -0.3 is 15.0 Å². The van der Waals surface area contributed by atoms with Crippen LogP contribution in [0.25, 0.3) is 0 Å². The Morgan fingerprint density at radius 2 is 1.80 bits per heavy atom. The third-order valence-electron chi connectivity index (χ3n) is 5.31. The number of hydrogen-bond acceptors (Lipinski definition) is 5. The van der Waals surface area contributed by atoms with E-state index in [1.165, 1.54) is 18.9 Å². The number of piperidine rings is 1. The van der Waals surface area contributed by atoms with Crippen LogP contribution in [0.2, 0.25) is 0 Å². The van der Waals surface area contributed by atoms with E-state index in [1.54, 1.807) is 29.2 Å². The van der Waals surface area contributed by atoms with E-state index >= 15 is 0 Å². The van der Waals surface area contributed by atoms with Crippen molar-refractivity contribution in [1.82, 2.24) is 4.90 Å². The lowest BCUT2D eigenvalue weighted by atomic mass is 9.90. The number of amides is 1. The third kappa shape index (κ3) is 5.48.